The largest absolute Gasteiger partial charge is 0.394 e. The average Bonchev–Trinajstić information content (AvgIpc) is 2.32. The lowest BCUT2D eigenvalue weighted by atomic mass is 9.86. The molecule has 1 amide bonds. The van der Waals surface area contributed by atoms with Crippen LogP contribution in [0.25, 0.3) is 0 Å². The summed E-state index contributed by atoms with van der Waals surface area (Å²) < 4.78 is 5.10. The summed E-state index contributed by atoms with van der Waals surface area (Å²) in [6.45, 7) is 4.74. The molecule has 3 N–H and O–H groups in total. The molecular weight excluding hydrogens is 240 g/mol. The second-order valence-corrected chi connectivity index (χ2v) is 4.55. The zero-order valence-corrected chi connectivity index (χ0v) is 11.5. The molecule has 1 unspecified atom stereocenters. The fourth-order valence-electron chi connectivity index (χ4n) is 1.32. The van der Waals surface area contributed by atoms with Crippen LogP contribution >= 0.6 is 12.2 Å². The normalized spacial score (nSPS) is 14.1. The van der Waals surface area contributed by atoms with Gasteiger partial charge in [-0.25, -0.2) is 0 Å². The standard InChI is InChI=1S/C11H22N2O3S/c1-4-11(2,9(12)17)10(15)13(3)5-7-16-8-6-14/h14H,4-8H2,1-3H3,(H2,12,17). The number of thiocarbonyl (C=S) groups is 1. The first-order chi connectivity index (χ1) is 7.90. The number of aliphatic hydroxyl groups is 1. The number of nitrogens with zero attached hydrogens (tertiary/aromatic N) is 1. The van der Waals surface area contributed by atoms with Crippen LogP contribution in [-0.4, -0.2) is 54.3 Å². The van der Waals surface area contributed by atoms with Crippen LogP contribution in [0, 0.1) is 5.41 Å². The van der Waals surface area contributed by atoms with Gasteiger partial charge in [-0.2, -0.15) is 0 Å². The summed E-state index contributed by atoms with van der Waals surface area (Å²) in [5.41, 5.74) is 4.83. The van der Waals surface area contributed by atoms with E-state index in [1.54, 1.807) is 18.9 Å². The van der Waals surface area contributed by atoms with E-state index < -0.39 is 5.41 Å². The molecule has 0 rings (SSSR count). The Morgan fingerprint density at radius 2 is 2.12 bits per heavy atom. The number of carbonyl (C=O) groups excluding carboxylic acids is 1. The highest BCUT2D eigenvalue weighted by atomic mass is 32.1. The maximum Gasteiger partial charge on any atom is 0.235 e. The molecular formula is C11H22N2O3S. The molecule has 0 aromatic carbocycles. The lowest BCUT2D eigenvalue weighted by Gasteiger charge is -2.30. The summed E-state index contributed by atoms with van der Waals surface area (Å²) in [6, 6.07) is 0. The monoisotopic (exact) mass is 262 g/mol. The lowest BCUT2D eigenvalue weighted by molar-refractivity contribution is -0.137. The van der Waals surface area contributed by atoms with Crippen molar-refractivity contribution in [2.75, 3.05) is 33.4 Å². The number of aliphatic hydroxyl groups excluding tert-OH is 1. The van der Waals surface area contributed by atoms with E-state index in [1.807, 2.05) is 6.92 Å². The van der Waals surface area contributed by atoms with Crippen molar-refractivity contribution in [3.63, 3.8) is 0 Å². The number of carbonyl (C=O) groups is 1. The zero-order valence-electron chi connectivity index (χ0n) is 10.7. The Kier molecular flexibility index (Phi) is 7.26. The maximum atomic E-state index is 12.2. The average molecular weight is 262 g/mol. The van der Waals surface area contributed by atoms with Crippen LogP contribution in [0.2, 0.25) is 0 Å². The first-order valence-corrected chi connectivity index (χ1v) is 6.05. The van der Waals surface area contributed by atoms with Gasteiger partial charge in [0.1, 0.15) is 0 Å². The number of rotatable bonds is 8. The van der Waals surface area contributed by atoms with E-state index in [4.69, 9.17) is 27.8 Å². The minimum atomic E-state index is -0.791. The summed E-state index contributed by atoms with van der Waals surface area (Å²) in [5.74, 6) is -0.0971. The van der Waals surface area contributed by atoms with Crippen molar-refractivity contribution in [1.82, 2.24) is 4.90 Å². The van der Waals surface area contributed by atoms with Gasteiger partial charge in [0.15, 0.2) is 0 Å². The molecule has 1 atom stereocenters. The van der Waals surface area contributed by atoms with E-state index >= 15 is 0 Å². The number of amides is 1. The Hall–Kier alpha value is -0.720. The van der Waals surface area contributed by atoms with Crippen molar-refractivity contribution >= 4 is 23.1 Å². The molecule has 0 aliphatic heterocycles. The maximum absolute atomic E-state index is 12.2. The molecule has 0 saturated carbocycles. The van der Waals surface area contributed by atoms with Crippen molar-refractivity contribution in [2.24, 2.45) is 11.1 Å². The van der Waals surface area contributed by atoms with Crippen molar-refractivity contribution in [2.45, 2.75) is 20.3 Å². The highest BCUT2D eigenvalue weighted by Gasteiger charge is 2.36. The van der Waals surface area contributed by atoms with Gasteiger partial charge in [0.2, 0.25) is 5.91 Å². The van der Waals surface area contributed by atoms with E-state index in [2.05, 4.69) is 0 Å². The van der Waals surface area contributed by atoms with Crippen molar-refractivity contribution in [3.8, 4) is 0 Å². The number of hydrogen-bond donors (Lipinski definition) is 2. The summed E-state index contributed by atoms with van der Waals surface area (Å²) in [5, 5.41) is 8.54. The van der Waals surface area contributed by atoms with Gasteiger partial charge in [0.05, 0.1) is 30.2 Å². The fourth-order valence-corrected chi connectivity index (χ4v) is 1.55. The van der Waals surface area contributed by atoms with E-state index in [0.29, 0.717) is 19.6 Å². The SMILES string of the molecule is CCC(C)(C(=O)N(C)CCOCCO)C(N)=S. The molecule has 0 fully saturated rings. The quantitative estimate of drug-likeness (QED) is 0.481. The van der Waals surface area contributed by atoms with Crippen LogP contribution in [0.5, 0.6) is 0 Å². The minimum absolute atomic E-state index is 0.0166. The number of ether oxygens (including phenoxy) is 1. The molecule has 0 bridgehead atoms. The molecule has 6 heteroatoms. The van der Waals surface area contributed by atoms with Gasteiger partial charge in [-0.15, -0.1) is 0 Å². The summed E-state index contributed by atoms with van der Waals surface area (Å²) in [7, 11) is 1.69. The van der Waals surface area contributed by atoms with E-state index in [9.17, 15) is 4.79 Å². The third kappa shape index (κ3) is 4.57. The van der Waals surface area contributed by atoms with E-state index in [0.717, 1.165) is 0 Å². The van der Waals surface area contributed by atoms with Crippen molar-refractivity contribution in [1.29, 1.82) is 0 Å². The highest BCUT2D eigenvalue weighted by molar-refractivity contribution is 7.80. The Labute approximate surface area is 108 Å². The highest BCUT2D eigenvalue weighted by Crippen LogP contribution is 2.24. The van der Waals surface area contributed by atoms with Gasteiger partial charge >= 0.3 is 0 Å². The lowest BCUT2D eigenvalue weighted by Crippen LogP contribution is -2.48. The smallest absolute Gasteiger partial charge is 0.235 e. The first-order valence-electron chi connectivity index (χ1n) is 5.64. The van der Waals surface area contributed by atoms with Crippen LogP contribution in [-0.2, 0) is 9.53 Å². The molecule has 0 aliphatic rings. The molecule has 100 valence electrons. The molecule has 0 radical (unpaired) electrons. The van der Waals surface area contributed by atoms with Gasteiger partial charge in [0.25, 0.3) is 0 Å². The molecule has 0 aromatic heterocycles. The summed E-state index contributed by atoms with van der Waals surface area (Å²) >= 11 is 4.95. The third-order valence-corrected chi connectivity index (χ3v) is 3.33. The Morgan fingerprint density at radius 3 is 2.53 bits per heavy atom. The molecule has 17 heavy (non-hydrogen) atoms. The summed E-state index contributed by atoms with van der Waals surface area (Å²) in [4.78, 5) is 13.9. The van der Waals surface area contributed by atoms with Gasteiger partial charge in [-0.3, -0.25) is 4.79 Å². The van der Waals surface area contributed by atoms with Crippen LogP contribution in [0.15, 0.2) is 0 Å². The first kappa shape index (κ1) is 16.3. The topological polar surface area (TPSA) is 75.8 Å². The molecule has 0 heterocycles. The zero-order chi connectivity index (χ0) is 13.5. The molecule has 0 saturated heterocycles. The number of nitrogens with two attached hydrogens (primary N) is 1. The van der Waals surface area contributed by atoms with Gasteiger partial charge in [-0.05, 0) is 13.3 Å². The minimum Gasteiger partial charge on any atom is -0.394 e. The van der Waals surface area contributed by atoms with Gasteiger partial charge < -0.3 is 20.5 Å². The second-order valence-electron chi connectivity index (χ2n) is 4.11. The predicted octanol–water partition coefficient (Wildman–Crippen LogP) is 0.156. The van der Waals surface area contributed by atoms with E-state index in [1.165, 1.54) is 0 Å². The Morgan fingerprint density at radius 1 is 1.53 bits per heavy atom. The molecule has 5 nitrogen and oxygen atoms in total. The molecule has 0 spiro atoms. The van der Waals surface area contributed by atoms with Crippen LogP contribution in [0.3, 0.4) is 0 Å². The van der Waals surface area contributed by atoms with Crippen LogP contribution in [0.4, 0.5) is 0 Å². The number of hydrogen-bond acceptors (Lipinski definition) is 4. The van der Waals surface area contributed by atoms with Crippen molar-refractivity contribution in [3.05, 3.63) is 0 Å². The van der Waals surface area contributed by atoms with E-state index in [-0.39, 0.29) is 24.1 Å². The van der Waals surface area contributed by atoms with Crippen molar-refractivity contribution < 1.29 is 14.6 Å². The summed E-state index contributed by atoms with van der Waals surface area (Å²) in [6.07, 6.45) is 0.572. The third-order valence-electron chi connectivity index (χ3n) is 2.88. The molecule has 0 aromatic rings. The fraction of sp³-hybridized carbons (Fsp3) is 0.818. The predicted molar refractivity (Wildman–Crippen MR) is 70.7 cm³/mol. The van der Waals surface area contributed by atoms with Gasteiger partial charge in [-0.1, -0.05) is 19.1 Å². The second kappa shape index (κ2) is 7.58. The van der Waals surface area contributed by atoms with Crippen LogP contribution < -0.4 is 5.73 Å². The number of likely N-dealkylation sites (N-methyl/N-ethyl adjacent to an activating group) is 1. The van der Waals surface area contributed by atoms with Crippen LogP contribution in [0.1, 0.15) is 20.3 Å². The molecule has 0 aliphatic carbocycles. The Balaban J connectivity index is 4.32. The van der Waals surface area contributed by atoms with Gasteiger partial charge in [0, 0.05) is 13.6 Å². The Bertz CT molecular complexity index is 273.